The van der Waals surface area contributed by atoms with Crippen LogP contribution >= 0.6 is 0 Å². The Morgan fingerprint density at radius 3 is 1.96 bits per heavy atom. The summed E-state index contributed by atoms with van der Waals surface area (Å²) in [6, 6.07) is 48.7. The van der Waals surface area contributed by atoms with E-state index in [0.717, 1.165) is 38.8 Å². The molecule has 1 heterocycles. The van der Waals surface area contributed by atoms with Gasteiger partial charge in [-0.1, -0.05) is 158 Å². The van der Waals surface area contributed by atoms with E-state index in [1.807, 2.05) is 43.3 Å². The van der Waals surface area contributed by atoms with Crippen molar-refractivity contribution in [2.24, 2.45) is 0 Å². The lowest BCUT2D eigenvalue weighted by molar-refractivity contribution is 1.07. The molecule has 0 aliphatic heterocycles. The molecule has 1 aromatic heterocycles. The third kappa shape index (κ3) is 5.08. The minimum Gasteiger partial charge on any atom is -0.208 e. The first kappa shape index (κ1) is 28.3. The number of nitrogens with zero attached hydrogens (tertiary/aromatic N) is 3. The van der Waals surface area contributed by atoms with Gasteiger partial charge >= 0.3 is 0 Å². The lowest BCUT2D eigenvalue weighted by Crippen LogP contribution is -2.01. The number of rotatable bonds is 6. The molecular weight excluding hydrogens is 571 g/mol. The highest BCUT2D eigenvalue weighted by molar-refractivity contribution is 6.11. The Morgan fingerprint density at radius 2 is 1.13 bits per heavy atom. The van der Waals surface area contributed by atoms with Crippen LogP contribution in [0.15, 0.2) is 152 Å². The van der Waals surface area contributed by atoms with Crippen LogP contribution in [0.4, 0.5) is 0 Å². The zero-order chi connectivity index (χ0) is 31.7. The molecule has 0 radical (unpaired) electrons. The normalized spacial score (nSPS) is 11.5. The van der Waals surface area contributed by atoms with Gasteiger partial charge in [0.2, 0.25) is 0 Å². The summed E-state index contributed by atoms with van der Waals surface area (Å²) in [5, 5.41) is 7.09. The molecular formula is C44H31N3. The Morgan fingerprint density at radius 1 is 0.468 bits per heavy atom. The SMILES string of the molecule is C=Cc1c(/C=C\C)ccc2c1ccc1cc(-c3nc(-c4ccccc4)nc(-c4ccccc4-c4cccc5ccccc45)n3)ccc12. The smallest absolute Gasteiger partial charge is 0.164 e. The standard InChI is InChI=1S/C44H31N3/c1-3-13-29-22-26-40-36-25-24-33(28-32(36)23-27-39(40)34(29)4-2)43-45-42(31-15-6-5-7-16-31)46-44(47-43)41-20-11-10-19-38(41)37-21-12-17-30-14-8-9-18-35(30)37/h3-28H,2H2,1H3/b13-3-. The van der Waals surface area contributed by atoms with Gasteiger partial charge in [0, 0.05) is 16.7 Å². The molecule has 8 rings (SSSR count). The predicted molar refractivity (Wildman–Crippen MR) is 199 cm³/mol. The maximum absolute atomic E-state index is 5.15. The number of hydrogen-bond acceptors (Lipinski definition) is 3. The van der Waals surface area contributed by atoms with E-state index in [2.05, 4.69) is 128 Å². The minimum absolute atomic E-state index is 0.638. The molecule has 0 fully saturated rings. The maximum Gasteiger partial charge on any atom is 0.164 e. The van der Waals surface area contributed by atoms with Gasteiger partial charge in [-0.15, -0.1) is 0 Å². The van der Waals surface area contributed by atoms with Crippen LogP contribution in [0.5, 0.6) is 0 Å². The van der Waals surface area contributed by atoms with Gasteiger partial charge in [0.05, 0.1) is 0 Å². The van der Waals surface area contributed by atoms with E-state index < -0.39 is 0 Å². The lowest BCUT2D eigenvalue weighted by Gasteiger charge is -2.14. The molecule has 3 heteroatoms. The Bertz CT molecular complexity index is 2490. The van der Waals surface area contributed by atoms with Gasteiger partial charge in [-0.2, -0.15) is 0 Å². The highest BCUT2D eigenvalue weighted by Crippen LogP contribution is 2.37. The maximum atomic E-state index is 5.15. The Labute approximate surface area is 274 Å². The van der Waals surface area contributed by atoms with Crippen molar-refractivity contribution in [1.29, 1.82) is 0 Å². The van der Waals surface area contributed by atoms with E-state index in [1.165, 1.54) is 32.5 Å². The lowest BCUT2D eigenvalue weighted by atomic mass is 9.93. The summed E-state index contributed by atoms with van der Waals surface area (Å²) >= 11 is 0. The average Bonchev–Trinajstić information content (AvgIpc) is 3.14. The fourth-order valence-electron chi connectivity index (χ4n) is 6.59. The summed E-state index contributed by atoms with van der Waals surface area (Å²) < 4.78 is 0. The summed E-state index contributed by atoms with van der Waals surface area (Å²) in [5.41, 5.74) is 7.39. The molecule has 0 atom stereocenters. The van der Waals surface area contributed by atoms with Crippen LogP contribution in [0.25, 0.3) is 89.8 Å². The number of aromatic nitrogens is 3. The van der Waals surface area contributed by atoms with E-state index in [1.54, 1.807) is 0 Å². The third-order valence-corrected chi connectivity index (χ3v) is 8.82. The number of hydrogen-bond donors (Lipinski definition) is 0. The summed E-state index contributed by atoms with van der Waals surface area (Å²) in [5.74, 6) is 1.92. The second-order valence-electron chi connectivity index (χ2n) is 11.6. The summed E-state index contributed by atoms with van der Waals surface area (Å²) in [6.07, 6.45) is 6.14. The van der Waals surface area contributed by atoms with Crippen molar-refractivity contribution in [3.63, 3.8) is 0 Å². The topological polar surface area (TPSA) is 38.7 Å². The molecule has 222 valence electrons. The van der Waals surface area contributed by atoms with Crippen molar-refractivity contribution in [1.82, 2.24) is 15.0 Å². The van der Waals surface area contributed by atoms with Crippen molar-refractivity contribution in [3.05, 3.63) is 163 Å². The van der Waals surface area contributed by atoms with Crippen molar-refractivity contribution in [2.75, 3.05) is 0 Å². The van der Waals surface area contributed by atoms with Gasteiger partial charge < -0.3 is 0 Å². The van der Waals surface area contributed by atoms with E-state index in [4.69, 9.17) is 15.0 Å². The Kier molecular flexibility index (Phi) is 7.20. The van der Waals surface area contributed by atoms with Gasteiger partial charge in [0.1, 0.15) is 0 Å². The Hall–Kier alpha value is -6.19. The molecule has 0 saturated carbocycles. The monoisotopic (exact) mass is 601 g/mol. The Balaban J connectivity index is 1.32. The van der Waals surface area contributed by atoms with Gasteiger partial charge in [-0.05, 0) is 67.6 Å². The number of benzene rings is 7. The first-order valence-electron chi connectivity index (χ1n) is 15.9. The van der Waals surface area contributed by atoms with Crippen molar-refractivity contribution in [3.8, 4) is 45.3 Å². The van der Waals surface area contributed by atoms with Crippen LogP contribution in [0.2, 0.25) is 0 Å². The second-order valence-corrected chi connectivity index (χ2v) is 11.6. The first-order chi connectivity index (χ1) is 23.2. The van der Waals surface area contributed by atoms with Crippen LogP contribution < -0.4 is 0 Å². The zero-order valence-corrected chi connectivity index (χ0v) is 26.1. The average molecular weight is 602 g/mol. The number of allylic oxidation sites excluding steroid dienone is 1. The zero-order valence-electron chi connectivity index (χ0n) is 26.1. The molecule has 47 heavy (non-hydrogen) atoms. The molecule has 0 saturated heterocycles. The van der Waals surface area contributed by atoms with Crippen LogP contribution in [0.3, 0.4) is 0 Å². The predicted octanol–water partition coefficient (Wildman–Crippen LogP) is 11.7. The van der Waals surface area contributed by atoms with E-state index in [-0.39, 0.29) is 0 Å². The van der Waals surface area contributed by atoms with Crippen molar-refractivity contribution < 1.29 is 0 Å². The largest absolute Gasteiger partial charge is 0.208 e. The number of fused-ring (bicyclic) bond motifs is 4. The molecule has 0 aliphatic carbocycles. The van der Waals surface area contributed by atoms with Gasteiger partial charge in [0.15, 0.2) is 17.5 Å². The molecule has 0 amide bonds. The van der Waals surface area contributed by atoms with E-state index in [0.29, 0.717) is 17.5 Å². The van der Waals surface area contributed by atoms with Crippen LogP contribution in [0.1, 0.15) is 18.1 Å². The molecule has 0 unspecified atom stereocenters. The van der Waals surface area contributed by atoms with Crippen LogP contribution in [0, 0.1) is 0 Å². The quantitative estimate of drug-likeness (QED) is 0.178. The third-order valence-electron chi connectivity index (χ3n) is 8.82. The summed E-state index contributed by atoms with van der Waals surface area (Å²) in [6.45, 7) is 6.15. The molecule has 0 N–H and O–H groups in total. The summed E-state index contributed by atoms with van der Waals surface area (Å²) in [4.78, 5) is 15.3. The van der Waals surface area contributed by atoms with E-state index in [9.17, 15) is 0 Å². The minimum atomic E-state index is 0.638. The van der Waals surface area contributed by atoms with Gasteiger partial charge in [-0.3, -0.25) is 0 Å². The van der Waals surface area contributed by atoms with Gasteiger partial charge in [-0.25, -0.2) is 15.0 Å². The fourth-order valence-corrected chi connectivity index (χ4v) is 6.59. The van der Waals surface area contributed by atoms with E-state index >= 15 is 0 Å². The van der Waals surface area contributed by atoms with Crippen molar-refractivity contribution >= 4 is 44.5 Å². The second kappa shape index (κ2) is 12.0. The fraction of sp³-hybridized carbons (Fsp3) is 0.0227. The van der Waals surface area contributed by atoms with Crippen molar-refractivity contribution in [2.45, 2.75) is 6.92 Å². The van der Waals surface area contributed by atoms with Gasteiger partial charge in [0.25, 0.3) is 0 Å². The molecule has 8 aromatic rings. The highest BCUT2D eigenvalue weighted by Gasteiger charge is 2.17. The highest BCUT2D eigenvalue weighted by atomic mass is 15.0. The van der Waals surface area contributed by atoms with Crippen LogP contribution in [-0.4, -0.2) is 15.0 Å². The molecule has 0 spiro atoms. The first-order valence-corrected chi connectivity index (χ1v) is 15.9. The summed E-state index contributed by atoms with van der Waals surface area (Å²) in [7, 11) is 0. The molecule has 7 aromatic carbocycles. The molecule has 0 aliphatic rings. The molecule has 0 bridgehead atoms. The van der Waals surface area contributed by atoms with Crippen LogP contribution in [-0.2, 0) is 0 Å². The molecule has 3 nitrogen and oxygen atoms in total.